The van der Waals surface area contributed by atoms with Crippen molar-refractivity contribution in [1.29, 1.82) is 0 Å². The van der Waals surface area contributed by atoms with E-state index < -0.39 is 0 Å². The minimum absolute atomic E-state index is 0.0433. The molecule has 2 N–H and O–H groups in total. The van der Waals surface area contributed by atoms with E-state index in [0.717, 1.165) is 68.0 Å². The lowest BCUT2D eigenvalue weighted by molar-refractivity contribution is 0.0699. The lowest BCUT2D eigenvalue weighted by Gasteiger charge is -2.22. The standard InChI is InChI=1S/C29H30FN5O3/c1-18-13-20(5-8-24(18)29(36)33-22-6-7-22)26-17-32-28-25(31-16-19-9-11-37-12-10-19)15-27(34-35(26)28)38-23-4-2-3-21(30)14-23/h2-5,8,13-15,17,19,22,31H,6-7,9-12,16H2,1H3,(H,33,36). The Morgan fingerprint density at radius 1 is 1.13 bits per heavy atom. The second-order valence-corrected chi connectivity index (χ2v) is 10.0. The zero-order valence-electron chi connectivity index (χ0n) is 21.2. The first kappa shape index (κ1) is 24.4. The van der Waals surface area contributed by atoms with Gasteiger partial charge in [0.25, 0.3) is 5.91 Å². The van der Waals surface area contributed by atoms with Crippen LogP contribution >= 0.6 is 0 Å². The summed E-state index contributed by atoms with van der Waals surface area (Å²) in [5.41, 5.74) is 4.62. The highest BCUT2D eigenvalue weighted by Gasteiger charge is 2.25. The molecule has 2 aromatic heterocycles. The second-order valence-electron chi connectivity index (χ2n) is 10.0. The molecule has 0 atom stereocenters. The van der Waals surface area contributed by atoms with E-state index in [0.29, 0.717) is 34.8 Å². The maximum absolute atomic E-state index is 13.8. The van der Waals surface area contributed by atoms with Gasteiger partial charge in [-0.2, -0.15) is 0 Å². The van der Waals surface area contributed by atoms with Gasteiger partial charge in [-0.3, -0.25) is 4.79 Å². The van der Waals surface area contributed by atoms with E-state index in [1.807, 2.05) is 25.1 Å². The van der Waals surface area contributed by atoms with Gasteiger partial charge < -0.3 is 20.1 Å². The first-order valence-electron chi connectivity index (χ1n) is 13.1. The molecule has 4 aromatic rings. The summed E-state index contributed by atoms with van der Waals surface area (Å²) in [5.74, 6) is 0.741. The Morgan fingerprint density at radius 2 is 1.97 bits per heavy atom. The minimum Gasteiger partial charge on any atom is -0.437 e. The SMILES string of the molecule is Cc1cc(-c2cnc3c(NCC4CCOCC4)cc(Oc4cccc(F)c4)nn23)ccc1C(=O)NC1CC1. The van der Waals surface area contributed by atoms with Crippen LogP contribution in [0, 0.1) is 18.7 Å². The molecule has 6 rings (SSSR count). The summed E-state index contributed by atoms with van der Waals surface area (Å²) in [6, 6.07) is 13.8. The summed E-state index contributed by atoms with van der Waals surface area (Å²) >= 11 is 0. The van der Waals surface area contributed by atoms with Crippen LogP contribution in [-0.4, -0.2) is 46.3 Å². The van der Waals surface area contributed by atoms with Crippen molar-refractivity contribution in [1.82, 2.24) is 19.9 Å². The predicted octanol–water partition coefficient (Wildman–Crippen LogP) is 5.37. The van der Waals surface area contributed by atoms with Crippen LogP contribution < -0.4 is 15.4 Å². The number of nitrogens with one attached hydrogen (secondary N) is 2. The van der Waals surface area contributed by atoms with Crippen LogP contribution in [0.5, 0.6) is 11.6 Å². The van der Waals surface area contributed by atoms with Crippen molar-refractivity contribution >= 4 is 17.2 Å². The number of hydrogen-bond acceptors (Lipinski definition) is 6. The van der Waals surface area contributed by atoms with Crippen molar-refractivity contribution in [3.63, 3.8) is 0 Å². The molecule has 196 valence electrons. The van der Waals surface area contributed by atoms with Gasteiger partial charge in [0, 0.05) is 49.1 Å². The van der Waals surface area contributed by atoms with Gasteiger partial charge in [0.15, 0.2) is 5.65 Å². The number of aryl methyl sites for hydroxylation is 1. The van der Waals surface area contributed by atoms with Crippen molar-refractivity contribution in [2.45, 2.75) is 38.6 Å². The summed E-state index contributed by atoms with van der Waals surface area (Å²) in [5, 5.41) is 11.3. The highest BCUT2D eigenvalue weighted by molar-refractivity contribution is 5.96. The minimum atomic E-state index is -0.383. The lowest BCUT2D eigenvalue weighted by Crippen LogP contribution is -2.26. The van der Waals surface area contributed by atoms with E-state index in [9.17, 15) is 9.18 Å². The molecule has 1 aliphatic carbocycles. The molecule has 3 heterocycles. The van der Waals surface area contributed by atoms with Gasteiger partial charge in [0.2, 0.25) is 5.88 Å². The van der Waals surface area contributed by atoms with E-state index >= 15 is 0 Å². The molecule has 1 aliphatic heterocycles. The van der Waals surface area contributed by atoms with Crippen molar-refractivity contribution < 1.29 is 18.7 Å². The van der Waals surface area contributed by atoms with Gasteiger partial charge in [0.05, 0.1) is 17.6 Å². The normalized spacial score (nSPS) is 15.9. The quantitative estimate of drug-likeness (QED) is 0.328. The first-order valence-corrected chi connectivity index (χ1v) is 13.1. The van der Waals surface area contributed by atoms with Crippen LogP contribution in [-0.2, 0) is 4.74 Å². The second kappa shape index (κ2) is 10.4. The van der Waals surface area contributed by atoms with Gasteiger partial charge in [-0.15, -0.1) is 5.10 Å². The van der Waals surface area contributed by atoms with Gasteiger partial charge in [-0.1, -0.05) is 12.1 Å². The number of rotatable bonds is 8. The molecule has 0 bridgehead atoms. The smallest absolute Gasteiger partial charge is 0.251 e. The van der Waals surface area contributed by atoms with Crippen LogP contribution in [0.15, 0.2) is 54.7 Å². The molecule has 1 amide bonds. The zero-order chi connectivity index (χ0) is 26.1. The maximum Gasteiger partial charge on any atom is 0.251 e. The summed E-state index contributed by atoms with van der Waals surface area (Å²) in [7, 11) is 0. The van der Waals surface area contributed by atoms with Crippen LogP contribution in [0.4, 0.5) is 10.1 Å². The Balaban J connectivity index is 1.35. The van der Waals surface area contributed by atoms with Gasteiger partial charge >= 0.3 is 0 Å². The number of fused-ring (bicyclic) bond motifs is 1. The van der Waals surface area contributed by atoms with Crippen molar-refractivity contribution in [2.75, 3.05) is 25.1 Å². The monoisotopic (exact) mass is 515 g/mol. The fourth-order valence-electron chi connectivity index (χ4n) is 4.75. The Labute approximate surface area is 220 Å². The molecule has 2 aliphatic rings. The van der Waals surface area contributed by atoms with Crippen LogP contribution in [0.25, 0.3) is 16.9 Å². The number of imidazole rings is 1. The molecule has 1 saturated carbocycles. The number of benzene rings is 2. The van der Waals surface area contributed by atoms with Crippen LogP contribution in [0.2, 0.25) is 0 Å². The highest BCUT2D eigenvalue weighted by Crippen LogP contribution is 2.31. The predicted molar refractivity (Wildman–Crippen MR) is 142 cm³/mol. The van der Waals surface area contributed by atoms with E-state index in [1.54, 1.807) is 28.9 Å². The third kappa shape index (κ3) is 5.33. The Kier molecular flexibility index (Phi) is 6.68. The maximum atomic E-state index is 13.8. The molecule has 0 unspecified atom stereocenters. The summed E-state index contributed by atoms with van der Waals surface area (Å²) in [6.45, 7) is 4.25. The number of halogens is 1. The average Bonchev–Trinajstić information content (AvgIpc) is 3.63. The zero-order valence-corrected chi connectivity index (χ0v) is 21.2. The summed E-state index contributed by atoms with van der Waals surface area (Å²) in [6.07, 6.45) is 5.86. The van der Waals surface area contributed by atoms with E-state index in [1.165, 1.54) is 12.1 Å². The van der Waals surface area contributed by atoms with Crippen LogP contribution in [0.1, 0.15) is 41.6 Å². The van der Waals surface area contributed by atoms with Gasteiger partial charge in [0.1, 0.15) is 11.6 Å². The lowest BCUT2D eigenvalue weighted by atomic mass is 10.0. The summed E-state index contributed by atoms with van der Waals surface area (Å²) < 4.78 is 27.0. The number of amides is 1. The van der Waals surface area contributed by atoms with Crippen molar-refractivity contribution in [3.05, 3.63) is 71.7 Å². The average molecular weight is 516 g/mol. The number of aromatic nitrogens is 3. The molecule has 0 spiro atoms. The molecular formula is C29H30FN5O3. The molecule has 2 aromatic carbocycles. The molecule has 2 fully saturated rings. The Hall–Kier alpha value is -3.98. The Bertz CT molecular complexity index is 1480. The van der Waals surface area contributed by atoms with Crippen LogP contribution in [0.3, 0.4) is 0 Å². The third-order valence-electron chi connectivity index (χ3n) is 7.07. The van der Waals surface area contributed by atoms with Crippen molar-refractivity contribution in [3.8, 4) is 22.9 Å². The first-order chi connectivity index (χ1) is 18.5. The number of anilines is 1. The molecular weight excluding hydrogens is 485 g/mol. The molecule has 38 heavy (non-hydrogen) atoms. The molecule has 9 heteroatoms. The fraction of sp³-hybridized carbons (Fsp3) is 0.345. The number of ether oxygens (including phenoxy) is 2. The van der Waals surface area contributed by atoms with E-state index in [2.05, 4.69) is 15.6 Å². The molecule has 1 saturated heterocycles. The molecule has 8 nitrogen and oxygen atoms in total. The number of nitrogens with zero attached hydrogens (tertiary/aromatic N) is 3. The number of carbonyl (C=O) groups excluding carboxylic acids is 1. The topological polar surface area (TPSA) is 89.8 Å². The Morgan fingerprint density at radius 3 is 2.74 bits per heavy atom. The van der Waals surface area contributed by atoms with Gasteiger partial charge in [-0.25, -0.2) is 13.9 Å². The van der Waals surface area contributed by atoms with Crippen molar-refractivity contribution in [2.24, 2.45) is 5.92 Å². The number of hydrogen-bond donors (Lipinski definition) is 2. The molecule has 0 radical (unpaired) electrons. The van der Waals surface area contributed by atoms with E-state index in [4.69, 9.17) is 14.6 Å². The van der Waals surface area contributed by atoms with E-state index in [-0.39, 0.29) is 11.7 Å². The highest BCUT2D eigenvalue weighted by atomic mass is 19.1. The van der Waals surface area contributed by atoms with Gasteiger partial charge in [-0.05, 0) is 68.4 Å². The summed E-state index contributed by atoms with van der Waals surface area (Å²) in [4.78, 5) is 17.3. The third-order valence-corrected chi connectivity index (χ3v) is 7.07. The fourth-order valence-corrected chi connectivity index (χ4v) is 4.75. The number of carbonyl (C=O) groups is 1. The largest absolute Gasteiger partial charge is 0.437 e.